The summed E-state index contributed by atoms with van der Waals surface area (Å²) in [6.45, 7) is -0.204. The van der Waals surface area contributed by atoms with E-state index < -0.39 is 41.5 Å². The Bertz CT molecular complexity index is 1270. The Balaban J connectivity index is 1.63. The summed E-state index contributed by atoms with van der Waals surface area (Å²) in [5, 5.41) is 19.7. The summed E-state index contributed by atoms with van der Waals surface area (Å²) in [6.07, 6.45) is 3.12. The summed E-state index contributed by atoms with van der Waals surface area (Å²) in [5.74, 6) is -5.33. The van der Waals surface area contributed by atoms with Gasteiger partial charge in [-0.2, -0.15) is 0 Å². The van der Waals surface area contributed by atoms with E-state index in [4.69, 9.17) is 5.11 Å². The van der Waals surface area contributed by atoms with Crippen LogP contribution in [0.2, 0.25) is 0 Å². The Morgan fingerprint density at radius 1 is 1.09 bits per heavy atom. The molecule has 4 unspecified atom stereocenters. The Labute approximate surface area is 202 Å². The van der Waals surface area contributed by atoms with E-state index in [-0.39, 0.29) is 58.8 Å². The second-order valence-corrected chi connectivity index (χ2v) is 9.78. The van der Waals surface area contributed by atoms with Gasteiger partial charge in [0.1, 0.15) is 5.75 Å². The van der Waals surface area contributed by atoms with Crippen LogP contribution < -0.4 is 0 Å². The quantitative estimate of drug-likeness (QED) is 0.351. The third-order valence-corrected chi connectivity index (χ3v) is 7.81. The molecule has 0 radical (unpaired) electrons. The maximum atomic E-state index is 13.3. The van der Waals surface area contributed by atoms with Gasteiger partial charge in [-0.25, -0.2) is 0 Å². The molecule has 0 saturated carbocycles. The number of para-hydroxylation sites is 1. The first-order valence-corrected chi connectivity index (χ1v) is 11.7. The number of carboxylic acid groups (broad SMARTS) is 1. The first kappa shape index (κ1) is 22.5. The van der Waals surface area contributed by atoms with Crippen molar-refractivity contribution in [3.05, 3.63) is 63.2 Å². The zero-order chi connectivity index (χ0) is 24.3. The molecule has 2 N–H and O–H groups in total. The summed E-state index contributed by atoms with van der Waals surface area (Å²) in [7, 11) is 0. The lowest BCUT2D eigenvalue weighted by Crippen LogP contribution is -2.39. The number of amides is 2. The lowest BCUT2D eigenvalue weighted by molar-refractivity contribution is -0.142. The number of hydrogen-bond donors (Lipinski definition) is 2. The zero-order valence-corrected chi connectivity index (χ0v) is 19.4. The Morgan fingerprint density at radius 2 is 1.82 bits per heavy atom. The van der Waals surface area contributed by atoms with Gasteiger partial charge in [0.25, 0.3) is 0 Å². The smallest absolute Gasteiger partial charge is 0.305 e. The topological polar surface area (TPSA) is 129 Å². The summed E-state index contributed by atoms with van der Waals surface area (Å²) in [4.78, 5) is 64.6. The number of allylic oxidation sites excluding steroid dienone is 6. The fraction of sp³-hybridized carbons (Fsp3) is 0.320. The number of phenols is 1. The maximum Gasteiger partial charge on any atom is 0.305 e. The number of halogens is 1. The van der Waals surface area contributed by atoms with Gasteiger partial charge in [0, 0.05) is 35.2 Å². The van der Waals surface area contributed by atoms with E-state index in [0.717, 1.165) is 10.5 Å². The molecular formula is C25H20BrNO7. The molecular weight excluding hydrogens is 506 g/mol. The van der Waals surface area contributed by atoms with Gasteiger partial charge in [0.05, 0.1) is 22.7 Å². The molecule has 1 saturated heterocycles. The fourth-order valence-corrected chi connectivity index (χ4v) is 6.23. The second kappa shape index (κ2) is 8.16. The van der Waals surface area contributed by atoms with Gasteiger partial charge in [0.2, 0.25) is 11.8 Å². The number of phenolic OH excluding ortho intramolecular Hbond substituents is 1. The molecule has 174 valence electrons. The number of ketones is 2. The number of nitrogens with zero attached hydrogens (tertiary/aromatic N) is 1. The highest BCUT2D eigenvalue weighted by Gasteiger charge is 2.56. The predicted molar refractivity (Wildman–Crippen MR) is 122 cm³/mol. The molecule has 0 spiro atoms. The van der Waals surface area contributed by atoms with Crippen LogP contribution in [0.5, 0.6) is 5.75 Å². The van der Waals surface area contributed by atoms with Crippen LogP contribution in [0.4, 0.5) is 0 Å². The van der Waals surface area contributed by atoms with Gasteiger partial charge in [-0.15, -0.1) is 0 Å². The Hall–Kier alpha value is -3.33. The zero-order valence-electron chi connectivity index (χ0n) is 17.9. The van der Waals surface area contributed by atoms with Gasteiger partial charge < -0.3 is 10.2 Å². The van der Waals surface area contributed by atoms with Crippen LogP contribution in [0, 0.1) is 17.8 Å². The third kappa shape index (κ3) is 3.29. The SMILES string of the molecule is O=C(O)CCN1C(=O)C2CC=C3C(c4ccccc4O)C4=C(CC3C2C1=O)C(=O)C(Br)=CC4=O. The number of carbonyl (C=O) groups excluding carboxylic acids is 4. The second-order valence-electron chi connectivity index (χ2n) is 8.92. The van der Waals surface area contributed by atoms with E-state index >= 15 is 0 Å². The minimum absolute atomic E-state index is 0.0335. The number of imide groups is 1. The number of rotatable bonds is 4. The first-order valence-electron chi connectivity index (χ1n) is 10.9. The van der Waals surface area contributed by atoms with Crippen molar-refractivity contribution in [2.24, 2.45) is 17.8 Å². The monoisotopic (exact) mass is 525 g/mol. The normalized spacial score (nSPS) is 28.3. The molecule has 1 aromatic carbocycles. The van der Waals surface area contributed by atoms with Crippen LogP contribution >= 0.6 is 15.9 Å². The van der Waals surface area contributed by atoms with Gasteiger partial charge in [-0.05, 0) is 40.8 Å². The van der Waals surface area contributed by atoms with Gasteiger partial charge >= 0.3 is 5.97 Å². The predicted octanol–water partition coefficient (Wildman–Crippen LogP) is 2.63. The molecule has 1 aromatic rings. The molecule has 0 aromatic heterocycles. The maximum absolute atomic E-state index is 13.3. The van der Waals surface area contributed by atoms with Crippen molar-refractivity contribution in [3.8, 4) is 5.75 Å². The highest BCUT2D eigenvalue weighted by atomic mass is 79.9. The van der Waals surface area contributed by atoms with Gasteiger partial charge in [-0.1, -0.05) is 29.8 Å². The van der Waals surface area contributed by atoms with E-state index in [1.807, 2.05) is 6.08 Å². The summed E-state index contributed by atoms with van der Waals surface area (Å²) in [6, 6.07) is 6.57. The van der Waals surface area contributed by atoms with Gasteiger partial charge in [0.15, 0.2) is 11.6 Å². The van der Waals surface area contributed by atoms with Crippen LogP contribution in [0.3, 0.4) is 0 Å². The Morgan fingerprint density at radius 3 is 2.53 bits per heavy atom. The Kier molecular flexibility index (Phi) is 5.39. The van der Waals surface area contributed by atoms with Crippen LogP contribution in [-0.4, -0.2) is 51.0 Å². The number of aliphatic carboxylic acids is 1. The van der Waals surface area contributed by atoms with E-state index in [9.17, 15) is 29.1 Å². The number of hydrogen-bond acceptors (Lipinski definition) is 6. The van der Waals surface area contributed by atoms with Crippen molar-refractivity contribution in [3.63, 3.8) is 0 Å². The van der Waals surface area contributed by atoms with Crippen LogP contribution in [0.1, 0.15) is 30.7 Å². The summed E-state index contributed by atoms with van der Waals surface area (Å²) < 4.78 is 0.129. The highest BCUT2D eigenvalue weighted by molar-refractivity contribution is 9.12. The summed E-state index contributed by atoms with van der Waals surface area (Å²) >= 11 is 3.16. The number of Topliss-reactive ketones (excluding diaryl/α,β-unsaturated/α-hetero) is 1. The van der Waals surface area contributed by atoms with Crippen molar-refractivity contribution in [1.82, 2.24) is 4.90 Å². The van der Waals surface area contributed by atoms with Crippen molar-refractivity contribution >= 4 is 45.3 Å². The minimum Gasteiger partial charge on any atom is -0.508 e. The lowest BCUT2D eigenvalue weighted by atomic mass is 9.59. The molecule has 4 atom stereocenters. The number of likely N-dealkylation sites (tertiary alicyclic amines) is 1. The number of carbonyl (C=O) groups is 5. The van der Waals surface area contributed by atoms with Crippen molar-refractivity contribution in [2.45, 2.75) is 25.2 Å². The number of carboxylic acids is 1. The molecule has 1 aliphatic heterocycles. The fourth-order valence-electron chi connectivity index (χ4n) is 5.79. The van der Waals surface area contributed by atoms with Gasteiger partial charge in [-0.3, -0.25) is 28.9 Å². The molecule has 9 heteroatoms. The molecule has 5 rings (SSSR count). The molecule has 0 bridgehead atoms. The minimum atomic E-state index is -1.11. The molecule has 2 amide bonds. The van der Waals surface area contributed by atoms with Crippen LogP contribution in [0.25, 0.3) is 0 Å². The molecule has 1 heterocycles. The third-order valence-electron chi connectivity index (χ3n) is 7.22. The van der Waals surface area contributed by atoms with Crippen molar-refractivity contribution < 1.29 is 34.2 Å². The number of benzene rings is 1. The first-order chi connectivity index (χ1) is 16.2. The summed E-state index contributed by atoms with van der Waals surface area (Å²) in [5.41, 5.74) is 1.75. The standard InChI is InChI=1S/C25H20BrNO7/c26-16-10-18(29)22-15(23(16)32)9-14-11(20(22)12-3-1-2-4-17(12)28)5-6-13-21(14)25(34)27(24(13)33)8-7-19(30)31/h1-5,10,13-14,20-21,28H,6-9H2,(H,30,31). The van der Waals surface area contributed by atoms with Crippen LogP contribution in [-0.2, 0) is 24.0 Å². The molecule has 8 nitrogen and oxygen atoms in total. The highest BCUT2D eigenvalue weighted by Crippen LogP contribution is 2.56. The van der Waals surface area contributed by atoms with E-state index in [2.05, 4.69) is 15.9 Å². The van der Waals surface area contributed by atoms with Crippen molar-refractivity contribution in [2.75, 3.05) is 6.54 Å². The number of aromatic hydroxyl groups is 1. The largest absolute Gasteiger partial charge is 0.508 e. The van der Waals surface area contributed by atoms with Crippen LogP contribution in [0.15, 0.2) is 57.6 Å². The van der Waals surface area contributed by atoms with Crippen molar-refractivity contribution in [1.29, 1.82) is 0 Å². The van der Waals surface area contributed by atoms with E-state index in [1.54, 1.807) is 18.2 Å². The molecule has 3 aliphatic carbocycles. The van der Waals surface area contributed by atoms with E-state index in [1.165, 1.54) is 12.1 Å². The molecule has 34 heavy (non-hydrogen) atoms. The average Bonchev–Trinajstić information content (AvgIpc) is 3.05. The molecule has 1 fully saturated rings. The molecule has 4 aliphatic rings. The average molecular weight is 526 g/mol. The lowest BCUT2D eigenvalue weighted by Gasteiger charge is -2.42. The number of fused-ring (bicyclic) bond motifs is 3. The van der Waals surface area contributed by atoms with E-state index in [0.29, 0.717) is 5.56 Å².